The van der Waals surface area contributed by atoms with Gasteiger partial charge in [-0.25, -0.2) is 0 Å². The second-order valence-electron chi connectivity index (χ2n) is 8.45. The third-order valence-electron chi connectivity index (χ3n) is 6.12. The van der Waals surface area contributed by atoms with Crippen molar-refractivity contribution in [3.63, 3.8) is 0 Å². The number of ether oxygens (including phenoxy) is 3. The summed E-state index contributed by atoms with van der Waals surface area (Å²) in [5.74, 6) is -1.14. The van der Waals surface area contributed by atoms with E-state index in [1.807, 2.05) is 45.0 Å². The van der Waals surface area contributed by atoms with Crippen LogP contribution in [0.5, 0.6) is 0 Å². The molecule has 0 radical (unpaired) electrons. The van der Waals surface area contributed by atoms with Crippen molar-refractivity contribution in [2.24, 2.45) is 5.92 Å². The van der Waals surface area contributed by atoms with Gasteiger partial charge in [-0.05, 0) is 58.6 Å². The highest BCUT2D eigenvalue weighted by Crippen LogP contribution is 2.41. The minimum Gasteiger partial charge on any atom is -0.465 e. The Hall–Kier alpha value is -1.28. The fraction of sp³-hybridized carbons (Fsp3) is 0.720. The zero-order chi connectivity index (χ0) is 23.4. The lowest BCUT2D eigenvalue weighted by Gasteiger charge is -2.43. The first kappa shape index (κ1) is 27.0. The Bertz CT molecular complexity index is 707. The number of aryl methyl sites for hydroxylation is 1. The van der Waals surface area contributed by atoms with Gasteiger partial charge in [0.2, 0.25) is 0 Å². The zero-order valence-electron chi connectivity index (χ0n) is 19.8. The molecule has 182 valence electrons. The Morgan fingerprint density at radius 3 is 2.41 bits per heavy atom. The molecular formula is C25H40O6S. The topological polar surface area (TPSA) is 82.1 Å². The van der Waals surface area contributed by atoms with Crippen molar-refractivity contribution in [3.05, 3.63) is 29.8 Å². The Morgan fingerprint density at radius 1 is 1.09 bits per heavy atom. The van der Waals surface area contributed by atoms with E-state index < -0.39 is 33.5 Å². The molecule has 1 aliphatic rings. The lowest BCUT2D eigenvalue weighted by Crippen LogP contribution is -2.55. The predicted octanol–water partition coefficient (Wildman–Crippen LogP) is 4.18. The summed E-state index contributed by atoms with van der Waals surface area (Å²) < 4.78 is 29.8. The lowest BCUT2D eigenvalue weighted by molar-refractivity contribution is -0.162. The highest BCUT2D eigenvalue weighted by Gasteiger charge is 2.51. The van der Waals surface area contributed by atoms with Gasteiger partial charge in [0.15, 0.2) is 0 Å². The summed E-state index contributed by atoms with van der Waals surface area (Å²) in [6.45, 7) is 8.38. The van der Waals surface area contributed by atoms with Crippen LogP contribution in [0, 0.1) is 12.8 Å². The molecule has 0 saturated heterocycles. The van der Waals surface area contributed by atoms with E-state index in [1.165, 1.54) is 0 Å². The van der Waals surface area contributed by atoms with Crippen LogP contribution in [0.25, 0.3) is 0 Å². The normalized spacial score (nSPS) is 22.9. The summed E-state index contributed by atoms with van der Waals surface area (Å²) in [6, 6.07) is 7.58. The van der Waals surface area contributed by atoms with Crippen LogP contribution in [0.3, 0.4) is 0 Å². The molecule has 1 fully saturated rings. The lowest BCUT2D eigenvalue weighted by atomic mass is 9.73. The second-order valence-corrected chi connectivity index (χ2v) is 10.1. The Morgan fingerprint density at radius 2 is 1.75 bits per heavy atom. The first-order valence-corrected chi connectivity index (χ1v) is 13.2. The van der Waals surface area contributed by atoms with E-state index in [0.717, 1.165) is 18.4 Å². The Kier molecular flexibility index (Phi) is 11.9. The van der Waals surface area contributed by atoms with Crippen LogP contribution in [0.1, 0.15) is 64.4 Å². The molecule has 6 nitrogen and oxygen atoms in total. The molecule has 0 bridgehead atoms. The van der Waals surface area contributed by atoms with E-state index in [4.69, 9.17) is 14.2 Å². The Labute approximate surface area is 195 Å². The monoisotopic (exact) mass is 468 g/mol. The third kappa shape index (κ3) is 7.65. The molecule has 4 atom stereocenters. The van der Waals surface area contributed by atoms with Crippen LogP contribution in [-0.2, 0) is 29.8 Å². The second kappa shape index (κ2) is 14.1. The van der Waals surface area contributed by atoms with Crippen LogP contribution >= 0.6 is 0 Å². The van der Waals surface area contributed by atoms with Crippen LogP contribution in [0.2, 0.25) is 0 Å². The maximum Gasteiger partial charge on any atom is 0.311 e. The van der Waals surface area contributed by atoms with Gasteiger partial charge in [-0.2, -0.15) is 0 Å². The van der Waals surface area contributed by atoms with Gasteiger partial charge in [-0.15, -0.1) is 0 Å². The molecule has 7 heteroatoms. The fourth-order valence-corrected chi connectivity index (χ4v) is 6.13. The number of esters is 1. The summed E-state index contributed by atoms with van der Waals surface area (Å²) >= 11 is 0. The van der Waals surface area contributed by atoms with Crippen LogP contribution in [0.4, 0.5) is 0 Å². The molecule has 0 unspecified atom stereocenters. The highest BCUT2D eigenvalue weighted by atomic mass is 32.2. The molecular weight excluding hydrogens is 428 g/mol. The molecule has 1 aromatic rings. The van der Waals surface area contributed by atoms with Gasteiger partial charge >= 0.3 is 5.97 Å². The quantitative estimate of drug-likeness (QED) is 0.326. The summed E-state index contributed by atoms with van der Waals surface area (Å²) in [7, 11) is -1.41. The van der Waals surface area contributed by atoms with Gasteiger partial charge in [-0.3, -0.25) is 9.00 Å². The molecule has 1 aromatic carbocycles. The standard InChI is InChI=1S/C25H40O6S/c1-4-29-17-8-10-22(24(26)31-19-9-18-30-5-2)25(27)16-7-6-11-23(25)32(28)21-14-12-20(3)13-15-21/h12-15,22-23,27H,4-11,16-19H2,1-3H3/t22-,23+,25+,32+/m1/s1. The van der Waals surface area contributed by atoms with Crippen molar-refractivity contribution < 1.29 is 28.3 Å². The van der Waals surface area contributed by atoms with Crippen molar-refractivity contribution in [3.8, 4) is 0 Å². The van der Waals surface area contributed by atoms with E-state index in [-0.39, 0.29) is 6.61 Å². The first-order valence-electron chi connectivity index (χ1n) is 12.0. The van der Waals surface area contributed by atoms with Crippen molar-refractivity contribution in [2.45, 2.75) is 81.5 Å². The smallest absolute Gasteiger partial charge is 0.311 e. The minimum atomic E-state index is -1.41. The third-order valence-corrected chi connectivity index (χ3v) is 8.02. The summed E-state index contributed by atoms with van der Waals surface area (Å²) in [6.07, 6.45) is 4.46. The molecule has 0 spiro atoms. The molecule has 0 amide bonds. The number of hydrogen-bond acceptors (Lipinski definition) is 6. The van der Waals surface area contributed by atoms with Gasteiger partial charge < -0.3 is 19.3 Å². The highest BCUT2D eigenvalue weighted by molar-refractivity contribution is 7.85. The number of aliphatic hydroxyl groups is 1. The summed E-state index contributed by atoms with van der Waals surface area (Å²) in [5.41, 5.74) is -0.272. The van der Waals surface area contributed by atoms with Crippen molar-refractivity contribution in [2.75, 3.05) is 33.0 Å². The molecule has 1 saturated carbocycles. The van der Waals surface area contributed by atoms with Crippen LogP contribution in [0.15, 0.2) is 29.2 Å². The molecule has 2 rings (SSSR count). The Balaban J connectivity index is 2.20. The average molecular weight is 469 g/mol. The molecule has 0 aliphatic heterocycles. The maximum absolute atomic E-state index is 13.5. The van der Waals surface area contributed by atoms with Crippen molar-refractivity contribution in [1.82, 2.24) is 0 Å². The minimum absolute atomic E-state index is 0.253. The largest absolute Gasteiger partial charge is 0.465 e. The van der Waals surface area contributed by atoms with Gasteiger partial charge in [0.1, 0.15) is 0 Å². The van der Waals surface area contributed by atoms with Gasteiger partial charge in [0.05, 0.1) is 34.2 Å². The zero-order valence-corrected chi connectivity index (χ0v) is 20.7. The average Bonchev–Trinajstić information content (AvgIpc) is 2.79. The maximum atomic E-state index is 13.5. The van der Waals surface area contributed by atoms with E-state index in [0.29, 0.717) is 63.4 Å². The summed E-state index contributed by atoms with van der Waals surface area (Å²) in [4.78, 5) is 13.8. The van der Waals surface area contributed by atoms with Gasteiger partial charge in [0.25, 0.3) is 0 Å². The number of rotatable bonds is 14. The van der Waals surface area contributed by atoms with Crippen molar-refractivity contribution >= 4 is 16.8 Å². The number of carbonyl (C=O) groups is 1. The molecule has 32 heavy (non-hydrogen) atoms. The summed E-state index contributed by atoms with van der Waals surface area (Å²) in [5, 5.41) is 11.4. The van der Waals surface area contributed by atoms with E-state index in [9.17, 15) is 14.1 Å². The fourth-order valence-electron chi connectivity index (χ4n) is 4.36. The SMILES string of the molecule is CCOCCCOC(=O)[C@@H](CCCOCC)[C@@]1(O)CCCC[C@@H]1[S@@](=O)c1ccc(C)cc1. The molecule has 1 N–H and O–H groups in total. The predicted molar refractivity (Wildman–Crippen MR) is 126 cm³/mol. The van der Waals surface area contributed by atoms with E-state index in [1.54, 1.807) is 0 Å². The van der Waals surface area contributed by atoms with Crippen molar-refractivity contribution in [1.29, 1.82) is 0 Å². The van der Waals surface area contributed by atoms with Crippen LogP contribution < -0.4 is 0 Å². The van der Waals surface area contributed by atoms with Crippen LogP contribution in [-0.4, -0.2) is 59.2 Å². The van der Waals surface area contributed by atoms with E-state index >= 15 is 0 Å². The van der Waals surface area contributed by atoms with Gasteiger partial charge in [0, 0.05) is 37.7 Å². The molecule has 1 aliphatic carbocycles. The molecule has 0 aromatic heterocycles. The van der Waals surface area contributed by atoms with Gasteiger partial charge in [-0.1, -0.05) is 30.5 Å². The number of carbonyl (C=O) groups excluding carboxylic acids is 1. The number of hydrogen-bond donors (Lipinski definition) is 1. The molecule has 0 heterocycles. The first-order chi connectivity index (χ1) is 15.4. The number of benzene rings is 1. The van der Waals surface area contributed by atoms with E-state index in [2.05, 4.69) is 0 Å².